The van der Waals surface area contributed by atoms with Crippen LogP contribution in [0.1, 0.15) is 22.8 Å². The number of phenols is 1. The molecule has 0 saturated heterocycles. The lowest BCUT2D eigenvalue weighted by Crippen LogP contribution is -1.94. The van der Waals surface area contributed by atoms with E-state index in [0.717, 1.165) is 5.56 Å². The molecule has 70 valence electrons. The van der Waals surface area contributed by atoms with E-state index in [1.165, 1.54) is 7.11 Å². The van der Waals surface area contributed by atoms with Crippen LogP contribution in [-0.2, 0) is 6.42 Å². The van der Waals surface area contributed by atoms with Crippen molar-refractivity contribution in [2.24, 2.45) is 0 Å². The molecule has 0 fully saturated rings. The standard InChI is InChI=1S/C10H12O3/c1-3-7-4-5-9(13-2)10(12)8(7)6-11/h4-6,12H,3H2,1-2H3. The van der Waals surface area contributed by atoms with Gasteiger partial charge in [0, 0.05) is 0 Å². The van der Waals surface area contributed by atoms with Gasteiger partial charge in [-0.15, -0.1) is 0 Å². The molecule has 1 N–H and O–H groups in total. The van der Waals surface area contributed by atoms with E-state index in [2.05, 4.69) is 0 Å². The number of carbonyl (C=O) groups is 1. The summed E-state index contributed by atoms with van der Waals surface area (Å²) in [5.41, 5.74) is 1.15. The minimum atomic E-state index is -0.0724. The first-order chi connectivity index (χ1) is 6.24. The van der Waals surface area contributed by atoms with E-state index in [4.69, 9.17) is 4.74 Å². The van der Waals surface area contributed by atoms with Gasteiger partial charge in [-0.3, -0.25) is 4.79 Å². The van der Waals surface area contributed by atoms with Crippen molar-refractivity contribution >= 4 is 6.29 Å². The molecule has 0 aromatic heterocycles. The van der Waals surface area contributed by atoms with Gasteiger partial charge < -0.3 is 9.84 Å². The number of phenolic OH excluding ortho intramolecular Hbond substituents is 1. The van der Waals surface area contributed by atoms with Crippen LogP contribution in [0.2, 0.25) is 0 Å². The second-order valence-electron chi connectivity index (χ2n) is 2.66. The van der Waals surface area contributed by atoms with Crippen LogP contribution in [0.3, 0.4) is 0 Å². The van der Waals surface area contributed by atoms with E-state index in [0.29, 0.717) is 24.0 Å². The Kier molecular flexibility index (Phi) is 2.90. The largest absolute Gasteiger partial charge is 0.504 e. The SMILES string of the molecule is CCc1ccc(OC)c(O)c1C=O. The summed E-state index contributed by atoms with van der Waals surface area (Å²) in [6.07, 6.45) is 1.36. The number of methoxy groups -OCH3 is 1. The molecule has 1 aromatic carbocycles. The van der Waals surface area contributed by atoms with E-state index in [-0.39, 0.29) is 5.75 Å². The van der Waals surface area contributed by atoms with E-state index in [1.807, 2.05) is 6.92 Å². The normalized spacial score (nSPS) is 9.69. The lowest BCUT2D eigenvalue weighted by molar-refractivity contribution is 0.111. The average molecular weight is 180 g/mol. The van der Waals surface area contributed by atoms with Gasteiger partial charge in [-0.2, -0.15) is 0 Å². The van der Waals surface area contributed by atoms with E-state index in [9.17, 15) is 9.90 Å². The molecule has 3 nitrogen and oxygen atoms in total. The number of ether oxygens (including phenoxy) is 1. The Morgan fingerprint density at radius 3 is 2.69 bits per heavy atom. The quantitative estimate of drug-likeness (QED) is 0.721. The number of hydrogen-bond donors (Lipinski definition) is 1. The summed E-state index contributed by atoms with van der Waals surface area (Å²) in [5.74, 6) is 0.260. The summed E-state index contributed by atoms with van der Waals surface area (Å²) < 4.78 is 4.88. The average Bonchev–Trinajstić information content (AvgIpc) is 2.17. The Bertz CT molecular complexity index is 318. The van der Waals surface area contributed by atoms with Crippen LogP contribution >= 0.6 is 0 Å². The van der Waals surface area contributed by atoms with Crippen molar-refractivity contribution in [3.05, 3.63) is 23.3 Å². The zero-order chi connectivity index (χ0) is 9.84. The summed E-state index contributed by atoms with van der Waals surface area (Å²) in [6.45, 7) is 1.92. The number of aryl methyl sites for hydroxylation is 1. The second-order valence-corrected chi connectivity index (χ2v) is 2.66. The van der Waals surface area contributed by atoms with Crippen molar-refractivity contribution < 1.29 is 14.6 Å². The maximum absolute atomic E-state index is 10.7. The highest BCUT2D eigenvalue weighted by Gasteiger charge is 2.10. The van der Waals surface area contributed by atoms with Gasteiger partial charge in [0.1, 0.15) is 0 Å². The zero-order valence-corrected chi connectivity index (χ0v) is 7.70. The molecule has 0 bridgehead atoms. The molecule has 1 aromatic rings. The van der Waals surface area contributed by atoms with Crippen molar-refractivity contribution in [1.29, 1.82) is 0 Å². The van der Waals surface area contributed by atoms with Gasteiger partial charge in [-0.25, -0.2) is 0 Å². The first-order valence-corrected chi connectivity index (χ1v) is 4.08. The number of benzene rings is 1. The lowest BCUT2D eigenvalue weighted by Gasteiger charge is -2.08. The molecule has 0 unspecified atom stereocenters. The molecule has 0 aliphatic carbocycles. The van der Waals surface area contributed by atoms with Crippen LogP contribution < -0.4 is 4.74 Å². The van der Waals surface area contributed by atoms with Crippen LogP contribution in [0.5, 0.6) is 11.5 Å². The molecule has 0 spiro atoms. The topological polar surface area (TPSA) is 46.5 Å². The second kappa shape index (κ2) is 3.94. The molecule has 0 saturated carbocycles. The van der Waals surface area contributed by atoms with E-state index < -0.39 is 0 Å². The van der Waals surface area contributed by atoms with Crippen LogP contribution in [0.4, 0.5) is 0 Å². The molecule has 0 amide bonds. The summed E-state index contributed by atoms with van der Waals surface area (Å²) in [7, 11) is 1.45. The maximum atomic E-state index is 10.7. The predicted molar refractivity (Wildman–Crippen MR) is 49.4 cm³/mol. The minimum Gasteiger partial charge on any atom is -0.504 e. The highest BCUT2D eigenvalue weighted by atomic mass is 16.5. The smallest absolute Gasteiger partial charge is 0.168 e. The molecular weight excluding hydrogens is 168 g/mol. The first-order valence-electron chi connectivity index (χ1n) is 4.08. The Labute approximate surface area is 77.0 Å². The monoisotopic (exact) mass is 180 g/mol. The van der Waals surface area contributed by atoms with Gasteiger partial charge in [-0.1, -0.05) is 13.0 Å². The van der Waals surface area contributed by atoms with E-state index >= 15 is 0 Å². The Balaban J connectivity index is 3.31. The number of aldehydes is 1. The van der Waals surface area contributed by atoms with Gasteiger partial charge in [0.15, 0.2) is 17.8 Å². The molecule has 3 heteroatoms. The molecule has 0 heterocycles. The third-order valence-electron chi connectivity index (χ3n) is 1.99. The van der Waals surface area contributed by atoms with Gasteiger partial charge in [0.05, 0.1) is 12.7 Å². The Morgan fingerprint density at radius 2 is 2.23 bits per heavy atom. The van der Waals surface area contributed by atoms with Crippen LogP contribution in [0.15, 0.2) is 12.1 Å². The zero-order valence-electron chi connectivity index (χ0n) is 7.70. The van der Waals surface area contributed by atoms with Crippen LogP contribution in [0.25, 0.3) is 0 Å². The maximum Gasteiger partial charge on any atom is 0.168 e. The number of hydrogen-bond acceptors (Lipinski definition) is 3. The summed E-state index contributed by atoms with van der Waals surface area (Å²) in [4.78, 5) is 10.7. The molecule has 0 aliphatic rings. The number of carbonyl (C=O) groups excluding carboxylic acids is 1. The third kappa shape index (κ3) is 1.64. The fourth-order valence-corrected chi connectivity index (χ4v) is 1.23. The summed E-state index contributed by atoms with van der Waals surface area (Å²) in [5, 5.41) is 9.54. The summed E-state index contributed by atoms with van der Waals surface area (Å²) >= 11 is 0. The van der Waals surface area contributed by atoms with Crippen molar-refractivity contribution in [3.8, 4) is 11.5 Å². The first kappa shape index (κ1) is 9.58. The number of rotatable bonds is 3. The minimum absolute atomic E-state index is 0.0724. The highest BCUT2D eigenvalue weighted by Crippen LogP contribution is 2.31. The van der Waals surface area contributed by atoms with E-state index in [1.54, 1.807) is 12.1 Å². The Hall–Kier alpha value is -1.51. The number of aromatic hydroxyl groups is 1. The fourth-order valence-electron chi connectivity index (χ4n) is 1.23. The van der Waals surface area contributed by atoms with Crippen molar-refractivity contribution in [1.82, 2.24) is 0 Å². The van der Waals surface area contributed by atoms with Crippen LogP contribution in [0, 0.1) is 0 Å². The molecule has 0 radical (unpaired) electrons. The molecule has 0 aliphatic heterocycles. The predicted octanol–water partition coefficient (Wildman–Crippen LogP) is 1.78. The Morgan fingerprint density at radius 1 is 1.54 bits per heavy atom. The molecule has 13 heavy (non-hydrogen) atoms. The van der Waals surface area contributed by atoms with Gasteiger partial charge in [0.2, 0.25) is 0 Å². The van der Waals surface area contributed by atoms with Gasteiger partial charge >= 0.3 is 0 Å². The van der Waals surface area contributed by atoms with Gasteiger partial charge in [0.25, 0.3) is 0 Å². The third-order valence-corrected chi connectivity index (χ3v) is 1.99. The van der Waals surface area contributed by atoms with Crippen molar-refractivity contribution in [2.45, 2.75) is 13.3 Å². The van der Waals surface area contributed by atoms with Crippen molar-refractivity contribution in [2.75, 3.05) is 7.11 Å². The lowest BCUT2D eigenvalue weighted by atomic mass is 10.0. The van der Waals surface area contributed by atoms with Crippen LogP contribution in [-0.4, -0.2) is 18.5 Å². The molecule has 1 rings (SSSR count). The van der Waals surface area contributed by atoms with Gasteiger partial charge in [-0.05, 0) is 18.1 Å². The summed E-state index contributed by atoms with van der Waals surface area (Å²) in [6, 6.07) is 3.43. The highest BCUT2D eigenvalue weighted by molar-refractivity contribution is 5.83. The van der Waals surface area contributed by atoms with Crippen molar-refractivity contribution in [3.63, 3.8) is 0 Å². The molecule has 0 atom stereocenters. The molecular formula is C10H12O3. The fraction of sp³-hybridized carbons (Fsp3) is 0.300.